The van der Waals surface area contributed by atoms with Crippen molar-refractivity contribution in [2.75, 3.05) is 0 Å². The number of aryl methyl sites for hydroxylation is 2. The molecule has 0 fully saturated rings. The molecule has 0 aliphatic rings. The van der Waals surface area contributed by atoms with E-state index in [1.165, 1.54) is 0 Å². The number of benzene rings is 1. The van der Waals surface area contributed by atoms with E-state index in [4.69, 9.17) is 4.52 Å². The Hall–Kier alpha value is -2.89. The molecule has 3 rings (SSSR count). The van der Waals surface area contributed by atoms with E-state index in [0.29, 0.717) is 11.5 Å². The van der Waals surface area contributed by atoms with Gasteiger partial charge in [0.05, 0.1) is 6.04 Å². The predicted molar refractivity (Wildman–Crippen MR) is 98.8 cm³/mol. The van der Waals surface area contributed by atoms with Crippen molar-refractivity contribution in [2.24, 2.45) is 0 Å². The first kappa shape index (κ1) is 17.9. The lowest BCUT2D eigenvalue weighted by Gasteiger charge is -2.19. The summed E-state index contributed by atoms with van der Waals surface area (Å²) in [6.07, 6.45) is 4.49. The lowest BCUT2D eigenvalue weighted by atomic mass is 10.0. The van der Waals surface area contributed by atoms with Crippen LogP contribution in [0.25, 0.3) is 0 Å². The summed E-state index contributed by atoms with van der Waals surface area (Å²) in [5, 5.41) is 6.99. The van der Waals surface area contributed by atoms with E-state index in [9.17, 15) is 4.79 Å². The highest BCUT2D eigenvalue weighted by molar-refractivity contribution is 5.92. The summed E-state index contributed by atoms with van der Waals surface area (Å²) in [5.41, 5.74) is 1.37. The summed E-state index contributed by atoms with van der Waals surface area (Å²) in [7, 11) is 0. The molecular formula is C20H24N4O2. The topological polar surface area (TPSA) is 73.0 Å². The van der Waals surface area contributed by atoms with Gasteiger partial charge in [0.1, 0.15) is 11.6 Å². The molecule has 6 heteroatoms. The highest BCUT2D eigenvalue weighted by Gasteiger charge is 2.19. The van der Waals surface area contributed by atoms with Gasteiger partial charge in [0.15, 0.2) is 5.69 Å². The minimum atomic E-state index is -0.225. The molecule has 26 heavy (non-hydrogen) atoms. The Bertz CT molecular complexity index is 852. The molecule has 0 aliphatic carbocycles. The molecule has 3 aromatic rings. The van der Waals surface area contributed by atoms with Crippen LogP contribution < -0.4 is 5.32 Å². The number of nitrogens with one attached hydrogen (secondary N) is 1. The lowest BCUT2D eigenvalue weighted by molar-refractivity contribution is 0.0924. The van der Waals surface area contributed by atoms with Gasteiger partial charge >= 0.3 is 0 Å². The third-order valence-corrected chi connectivity index (χ3v) is 4.42. The Morgan fingerprint density at radius 3 is 2.65 bits per heavy atom. The van der Waals surface area contributed by atoms with Gasteiger partial charge in [0.25, 0.3) is 5.91 Å². The average molecular weight is 352 g/mol. The van der Waals surface area contributed by atoms with E-state index in [2.05, 4.69) is 20.0 Å². The van der Waals surface area contributed by atoms with Crippen LogP contribution in [0, 0.1) is 6.92 Å². The maximum atomic E-state index is 12.6. The second-order valence-electron chi connectivity index (χ2n) is 6.66. The number of nitrogens with zero attached hydrogens (tertiary/aromatic N) is 3. The van der Waals surface area contributed by atoms with Crippen LogP contribution in [0.1, 0.15) is 59.9 Å². The summed E-state index contributed by atoms with van der Waals surface area (Å²) < 4.78 is 7.32. The standard InChI is InChI=1S/C20H24N4O2/c1-14(2)19-13-18(23-26-19)20(25)22-17(16-7-5-4-6-8-16)9-11-24-12-10-21-15(24)3/h4-8,10,12-14,17H,9,11H2,1-3H3,(H,22,25)/t17-/m1/s1. The number of rotatable bonds is 7. The fraction of sp³-hybridized carbons (Fsp3) is 0.350. The molecule has 0 saturated heterocycles. The summed E-state index contributed by atoms with van der Waals surface area (Å²) in [5.74, 6) is 1.64. The number of aromatic nitrogens is 3. The van der Waals surface area contributed by atoms with E-state index >= 15 is 0 Å². The van der Waals surface area contributed by atoms with Gasteiger partial charge in [-0.3, -0.25) is 4.79 Å². The fourth-order valence-corrected chi connectivity index (χ4v) is 2.82. The van der Waals surface area contributed by atoms with E-state index < -0.39 is 0 Å². The molecular weight excluding hydrogens is 328 g/mol. The maximum absolute atomic E-state index is 12.6. The van der Waals surface area contributed by atoms with E-state index in [0.717, 1.165) is 24.4 Å². The number of hydrogen-bond acceptors (Lipinski definition) is 4. The second kappa shape index (κ2) is 7.99. The zero-order chi connectivity index (χ0) is 18.5. The molecule has 1 aromatic carbocycles. The maximum Gasteiger partial charge on any atom is 0.273 e. The monoisotopic (exact) mass is 352 g/mol. The Morgan fingerprint density at radius 2 is 2.04 bits per heavy atom. The Labute approximate surface area is 153 Å². The van der Waals surface area contributed by atoms with Crippen LogP contribution in [0.5, 0.6) is 0 Å². The molecule has 0 aliphatic heterocycles. The minimum Gasteiger partial charge on any atom is -0.360 e. The first-order valence-electron chi connectivity index (χ1n) is 8.84. The Balaban J connectivity index is 1.74. The van der Waals surface area contributed by atoms with Crippen molar-refractivity contribution in [3.8, 4) is 0 Å². The summed E-state index contributed by atoms with van der Waals surface area (Å²) >= 11 is 0. The van der Waals surface area contributed by atoms with Crippen molar-refractivity contribution in [1.82, 2.24) is 20.0 Å². The zero-order valence-electron chi connectivity index (χ0n) is 15.3. The van der Waals surface area contributed by atoms with Crippen molar-refractivity contribution in [3.63, 3.8) is 0 Å². The first-order chi connectivity index (χ1) is 12.5. The van der Waals surface area contributed by atoms with Gasteiger partial charge in [0, 0.05) is 30.9 Å². The quantitative estimate of drug-likeness (QED) is 0.701. The van der Waals surface area contributed by atoms with Gasteiger partial charge in [-0.15, -0.1) is 0 Å². The van der Waals surface area contributed by atoms with Crippen molar-refractivity contribution >= 4 is 5.91 Å². The van der Waals surface area contributed by atoms with Crippen LogP contribution in [0.4, 0.5) is 0 Å². The Kier molecular flexibility index (Phi) is 5.51. The van der Waals surface area contributed by atoms with Gasteiger partial charge in [0.2, 0.25) is 0 Å². The lowest BCUT2D eigenvalue weighted by Crippen LogP contribution is -2.29. The fourth-order valence-electron chi connectivity index (χ4n) is 2.82. The summed E-state index contributed by atoms with van der Waals surface area (Å²) in [4.78, 5) is 16.9. The molecule has 1 amide bonds. The SMILES string of the molecule is Cc1nccn1CC[C@@H](NC(=O)c1cc(C(C)C)on1)c1ccccc1. The largest absolute Gasteiger partial charge is 0.360 e. The molecule has 2 heterocycles. The van der Waals surface area contributed by atoms with Gasteiger partial charge in [-0.25, -0.2) is 4.98 Å². The van der Waals surface area contributed by atoms with Crippen LogP contribution >= 0.6 is 0 Å². The second-order valence-corrected chi connectivity index (χ2v) is 6.66. The number of carbonyl (C=O) groups excluding carboxylic acids is 1. The molecule has 1 N–H and O–H groups in total. The molecule has 136 valence electrons. The normalized spacial score (nSPS) is 12.3. The van der Waals surface area contributed by atoms with Crippen LogP contribution in [-0.2, 0) is 6.54 Å². The number of imidazole rings is 1. The molecule has 0 unspecified atom stereocenters. The Morgan fingerprint density at radius 1 is 1.27 bits per heavy atom. The van der Waals surface area contributed by atoms with E-state index in [1.807, 2.05) is 57.3 Å². The van der Waals surface area contributed by atoms with Gasteiger partial charge < -0.3 is 14.4 Å². The van der Waals surface area contributed by atoms with Gasteiger partial charge in [-0.2, -0.15) is 0 Å². The highest BCUT2D eigenvalue weighted by atomic mass is 16.5. The van der Waals surface area contributed by atoms with Crippen molar-refractivity contribution in [1.29, 1.82) is 0 Å². The highest BCUT2D eigenvalue weighted by Crippen LogP contribution is 2.20. The molecule has 0 saturated carbocycles. The predicted octanol–water partition coefficient (Wildman–Crippen LogP) is 3.86. The molecule has 1 atom stereocenters. The van der Waals surface area contributed by atoms with Crippen molar-refractivity contribution < 1.29 is 9.32 Å². The third-order valence-electron chi connectivity index (χ3n) is 4.42. The average Bonchev–Trinajstić information content (AvgIpc) is 3.28. The summed E-state index contributed by atoms with van der Waals surface area (Å²) in [6.45, 7) is 6.74. The molecule has 0 spiro atoms. The van der Waals surface area contributed by atoms with E-state index in [1.54, 1.807) is 12.3 Å². The van der Waals surface area contributed by atoms with E-state index in [-0.39, 0.29) is 17.9 Å². The van der Waals surface area contributed by atoms with Crippen LogP contribution in [0.15, 0.2) is 53.3 Å². The molecule has 0 bridgehead atoms. The molecule has 0 radical (unpaired) electrons. The summed E-state index contributed by atoms with van der Waals surface area (Å²) in [6, 6.07) is 11.6. The van der Waals surface area contributed by atoms with Crippen molar-refractivity contribution in [3.05, 3.63) is 71.6 Å². The number of carbonyl (C=O) groups is 1. The smallest absolute Gasteiger partial charge is 0.273 e. The molecule has 2 aromatic heterocycles. The first-order valence-corrected chi connectivity index (χ1v) is 8.84. The molecule has 6 nitrogen and oxygen atoms in total. The zero-order valence-corrected chi connectivity index (χ0v) is 15.3. The third kappa shape index (κ3) is 4.20. The van der Waals surface area contributed by atoms with Crippen LogP contribution in [0.2, 0.25) is 0 Å². The number of hydrogen-bond donors (Lipinski definition) is 1. The van der Waals surface area contributed by atoms with Crippen molar-refractivity contribution in [2.45, 2.75) is 45.7 Å². The minimum absolute atomic E-state index is 0.121. The van der Waals surface area contributed by atoms with Gasteiger partial charge in [-0.1, -0.05) is 49.3 Å². The van der Waals surface area contributed by atoms with Crippen LogP contribution in [0.3, 0.4) is 0 Å². The van der Waals surface area contributed by atoms with Crippen LogP contribution in [-0.4, -0.2) is 20.6 Å². The van der Waals surface area contributed by atoms with Gasteiger partial charge in [-0.05, 0) is 18.9 Å². The number of amides is 1.